The molecule has 5 nitrogen and oxygen atoms in total. The van der Waals surface area contributed by atoms with Crippen LogP contribution < -0.4 is 5.32 Å². The van der Waals surface area contributed by atoms with E-state index in [0.29, 0.717) is 18.5 Å². The largest absolute Gasteiger partial charge is 0.357 e. The molecule has 2 aliphatic heterocycles. The van der Waals surface area contributed by atoms with Crippen LogP contribution >= 0.6 is 0 Å². The van der Waals surface area contributed by atoms with Crippen molar-refractivity contribution in [1.82, 2.24) is 19.7 Å². The number of piperidine rings is 2. The van der Waals surface area contributed by atoms with E-state index in [2.05, 4.69) is 34.4 Å². The number of nitrogens with one attached hydrogen (secondary N) is 1. The number of carbonyl (C=O) groups is 1. The Morgan fingerprint density at radius 3 is 2.95 bits per heavy atom. The lowest BCUT2D eigenvalue weighted by Gasteiger charge is -2.46. The molecular formula is C16H26N4O. The second-order valence-corrected chi connectivity index (χ2v) is 6.56. The predicted octanol–water partition coefficient (Wildman–Crippen LogP) is 1.65. The zero-order chi connectivity index (χ0) is 14.8. The normalized spacial score (nSPS) is 26.5. The number of aromatic nitrogens is 1. The quantitative estimate of drug-likeness (QED) is 0.900. The van der Waals surface area contributed by atoms with Gasteiger partial charge in [0.1, 0.15) is 0 Å². The SMILES string of the molecule is CN1CC[C@H]2[C@@H](CCCN2C(=O)NCc2ccn(C)c2)C1. The van der Waals surface area contributed by atoms with E-state index in [1.807, 2.05) is 17.8 Å². The monoisotopic (exact) mass is 290 g/mol. The third-order valence-corrected chi connectivity index (χ3v) is 4.87. The maximum atomic E-state index is 12.5. The number of likely N-dealkylation sites (tertiary alicyclic amines) is 2. The van der Waals surface area contributed by atoms with Crippen molar-refractivity contribution in [2.45, 2.75) is 31.8 Å². The molecule has 3 rings (SSSR count). The van der Waals surface area contributed by atoms with E-state index >= 15 is 0 Å². The third-order valence-electron chi connectivity index (χ3n) is 4.87. The Kier molecular flexibility index (Phi) is 4.19. The van der Waals surface area contributed by atoms with Gasteiger partial charge in [0.15, 0.2) is 0 Å². The Bertz CT molecular complexity index is 498. The van der Waals surface area contributed by atoms with E-state index < -0.39 is 0 Å². The van der Waals surface area contributed by atoms with Crippen molar-refractivity contribution < 1.29 is 4.79 Å². The number of hydrogen-bond donors (Lipinski definition) is 1. The molecule has 2 fully saturated rings. The molecular weight excluding hydrogens is 264 g/mol. The molecule has 0 bridgehead atoms. The first-order valence-electron chi connectivity index (χ1n) is 7.97. The first-order chi connectivity index (χ1) is 10.1. The lowest BCUT2D eigenvalue weighted by atomic mass is 9.84. The average molecular weight is 290 g/mol. The number of amides is 2. The molecule has 5 heteroatoms. The fourth-order valence-corrected chi connectivity index (χ4v) is 3.78. The highest BCUT2D eigenvalue weighted by molar-refractivity contribution is 5.74. The zero-order valence-electron chi connectivity index (χ0n) is 13.1. The maximum absolute atomic E-state index is 12.5. The molecule has 2 aliphatic rings. The molecule has 2 saturated heterocycles. The lowest BCUT2D eigenvalue weighted by Crippen LogP contribution is -2.57. The summed E-state index contributed by atoms with van der Waals surface area (Å²) in [6, 6.07) is 2.60. The number of carbonyl (C=O) groups excluding carboxylic acids is 1. The molecule has 2 atom stereocenters. The van der Waals surface area contributed by atoms with Crippen LogP contribution in [-0.4, -0.2) is 53.1 Å². The van der Waals surface area contributed by atoms with Gasteiger partial charge in [0.2, 0.25) is 0 Å². The number of hydrogen-bond acceptors (Lipinski definition) is 2. The minimum Gasteiger partial charge on any atom is -0.357 e. The molecule has 0 saturated carbocycles. The van der Waals surface area contributed by atoms with Crippen LogP contribution in [0.5, 0.6) is 0 Å². The third kappa shape index (κ3) is 3.23. The second kappa shape index (κ2) is 6.10. The summed E-state index contributed by atoms with van der Waals surface area (Å²) >= 11 is 0. The number of nitrogens with zero attached hydrogens (tertiary/aromatic N) is 3. The summed E-state index contributed by atoms with van der Waals surface area (Å²) in [5.74, 6) is 0.653. The summed E-state index contributed by atoms with van der Waals surface area (Å²) in [6.07, 6.45) is 7.56. The van der Waals surface area contributed by atoms with Gasteiger partial charge in [0.25, 0.3) is 0 Å². The van der Waals surface area contributed by atoms with Gasteiger partial charge in [-0.1, -0.05) is 0 Å². The molecule has 1 aromatic rings. The first-order valence-corrected chi connectivity index (χ1v) is 7.97. The van der Waals surface area contributed by atoms with Crippen molar-refractivity contribution >= 4 is 6.03 Å². The zero-order valence-corrected chi connectivity index (χ0v) is 13.1. The van der Waals surface area contributed by atoms with Crippen LogP contribution in [-0.2, 0) is 13.6 Å². The molecule has 3 heterocycles. The molecule has 0 aromatic carbocycles. The van der Waals surface area contributed by atoms with Crippen LogP contribution in [0.2, 0.25) is 0 Å². The average Bonchev–Trinajstić information content (AvgIpc) is 2.89. The highest BCUT2D eigenvalue weighted by Crippen LogP contribution is 2.30. The van der Waals surface area contributed by atoms with Crippen molar-refractivity contribution in [3.05, 3.63) is 24.0 Å². The van der Waals surface area contributed by atoms with Crippen LogP contribution in [0.1, 0.15) is 24.8 Å². The van der Waals surface area contributed by atoms with E-state index in [4.69, 9.17) is 0 Å². The lowest BCUT2D eigenvalue weighted by molar-refractivity contribution is 0.0532. The Morgan fingerprint density at radius 2 is 2.19 bits per heavy atom. The highest BCUT2D eigenvalue weighted by Gasteiger charge is 2.37. The van der Waals surface area contributed by atoms with Gasteiger partial charge in [-0.15, -0.1) is 0 Å². The second-order valence-electron chi connectivity index (χ2n) is 6.56. The molecule has 0 radical (unpaired) electrons. The standard InChI is InChI=1S/C16H26N4O/c1-18-8-5-13(11-18)10-17-16(21)20-7-3-4-14-12-19(2)9-6-15(14)20/h5,8,11,14-15H,3-4,6-7,9-10,12H2,1-2H3,(H,17,21)/t14-,15-/m0/s1. The fraction of sp³-hybridized carbons (Fsp3) is 0.688. The van der Waals surface area contributed by atoms with Gasteiger partial charge in [-0.2, -0.15) is 0 Å². The number of rotatable bonds is 2. The molecule has 0 unspecified atom stereocenters. The summed E-state index contributed by atoms with van der Waals surface area (Å²) < 4.78 is 2.01. The van der Waals surface area contributed by atoms with E-state index in [1.54, 1.807) is 0 Å². The molecule has 1 aromatic heterocycles. The summed E-state index contributed by atoms with van der Waals surface area (Å²) in [7, 11) is 4.18. The van der Waals surface area contributed by atoms with Crippen molar-refractivity contribution in [2.75, 3.05) is 26.7 Å². The summed E-state index contributed by atoms with van der Waals surface area (Å²) in [6.45, 7) is 3.76. The topological polar surface area (TPSA) is 40.5 Å². The highest BCUT2D eigenvalue weighted by atomic mass is 16.2. The Balaban J connectivity index is 1.58. The van der Waals surface area contributed by atoms with E-state index in [9.17, 15) is 4.79 Å². The van der Waals surface area contributed by atoms with Gasteiger partial charge in [-0.25, -0.2) is 4.79 Å². The smallest absolute Gasteiger partial charge is 0.317 e. The van der Waals surface area contributed by atoms with Gasteiger partial charge in [0, 0.05) is 45.1 Å². The molecule has 116 valence electrons. The molecule has 2 amide bonds. The van der Waals surface area contributed by atoms with Crippen LogP contribution in [0.3, 0.4) is 0 Å². The van der Waals surface area contributed by atoms with E-state index in [-0.39, 0.29) is 6.03 Å². The van der Waals surface area contributed by atoms with Crippen LogP contribution in [0.4, 0.5) is 4.79 Å². The van der Waals surface area contributed by atoms with E-state index in [1.165, 1.54) is 6.42 Å². The Morgan fingerprint density at radius 1 is 1.33 bits per heavy atom. The van der Waals surface area contributed by atoms with Crippen molar-refractivity contribution in [3.63, 3.8) is 0 Å². The fourth-order valence-electron chi connectivity index (χ4n) is 3.78. The number of fused-ring (bicyclic) bond motifs is 1. The van der Waals surface area contributed by atoms with Crippen molar-refractivity contribution in [1.29, 1.82) is 0 Å². The molecule has 0 spiro atoms. The van der Waals surface area contributed by atoms with Gasteiger partial charge in [-0.05, 0) is 50.4 Å². The molecule has 0 aliphatic carbocycles. The van der Waals surface area contributed by atoms with Gasteiger partial charge in [0.05, 0.1) is 0 Å². The first kappa shape index (κ1) is 14.4. The summed E-state index contributed by atoms with van der Waals surface area (Å²) in [5, 5.41) is 3.09. The van der Waals surface area contributed by atoms with Gasteiger partial charge < -0.3 is 19.7 Å². The molecule has 21 heavy (non-hydrogen) atoms. The number of aryl methyl sites for hydroxylation is 1. The number of urea groups is 1. The van der Waals surface area contributed by atoms with Crippen LogP contribution in [0.25, 0.3) is 0 Å². The van der Waals surface area contributed by atoms with Crippen molar-refractivity contribution in [2.24, 2.45) is 13.0 Å². The summed E-state index contributed by atoms with van der Waals surface area (Å²) in [5.41, 5.74) is 1.16. The summed E-state index contributed by atoms with van der Waals surface area (Å²) in [4.78, 5) is 17.0. The minimum absolute atomic E-state index is 0.109. The minimum atomic E-state index is 0.109. The Hall–Kier alpha value is -1.49. The van der Waals surface area contributed by atoms with E-state index in [0.717, 1.165) is 38.0 Å². The predicted molar refractivity (Wildman–Crippen MR) is 83.0 cm³/mol. The van der Waals surface area contributed by atoms with Gasteiger partial charge >= 0.3 is 6.03 Å². The maximum Gasteiger partial charge on any atom is 0.317 e. The molecule has 1 N–H and O–H groups in total. The van der Waals surface area contributed by atoms with Crippen LogP contribution in [0.15, 0.2) is 18.5 Å². The van der Waals surface area contributed by atoms with Crippen LogP contribution in [0, 0.1) is 5.92 Å². The Labute approximate surface area is 126 Å². The van der Waals surface area contributed by atoms with Gasteiger partial charge in [-0.3, -0.25) is 0 Å². The van der Waals surface area contributed by atoms with Crippen molar-refractivity contribution in [3.8, 4) is 0 Å².